The van der Waals surface area contributed by atoms with Gasteiger partial charge in [0.25, 0.3) is 0 Å². The second kappa shape index (κ2) is 6.46. The van der Waals surface area contributed by atoms with E-state index in [0.29, 0.717) is 22.0 Å². The normalized spacial score (nSPS) is 10.4. The molecule has 1 nitrogen and oxygen atoms in total. The van der Waals surface area contributed by atoms with Crippen molar-refractivity contribution in [2.45, 2.75) is 11.9 Å². The number of alkyl halides is 1. The lowest BCUT2D eigenvalue weighted by atomic mass is 10.2. The highest BCUT2D eigenvalue weighted by Gasteiger charge is 2.07. The largest absolute Gasteiger partial charge is 0.488 e. The van der Waals surface area contributed by atoms with Gasteiger partial charge in [0, 0.05) is 26.5 Å². The molecule has 2 rings (SSSR count). The molecule has 2 aromatic rings. The minimum absolute atomic E-state index is 0.431. The van der Waals surface area contributed by atoms with Crippen LogP contribution in [0.1, 0.15) is 11.1 Å². The molecule has 0 saturated heterocycles. The van der Waals surface area contributed by atoms with Crippen molar-refractivity contribution < 1.29 is 4.74 Å². The van der Waals surface area contributed by atoms with E-state index < -0.39 is 0 Å². The smallest absolute Gasteiger partial charge is 0.125 e. The maximum Gasteiger partial charge on any atom is 0.125 e. The number of hydrogen-bond donors (Lipinski definition) is 0. The van der Waals surface area contributed by atoms with Crippen LogP contribution in [-0.4, -0.2) is 0 Å². The van der Waals surface area contributed by atoms with E-state index in [1.165, 1.54) is 0 Å². The molecule has 18 heavy (non-hydrogen) atoms. The summed E-state index contributed by atoms with van der Waals surface area (Å²) in [6, 6.07) is 13.3. The van der Waals surface area contributed by atoms with E-state index in [1.807, 2.05) is 42.5 Å². The molecule has 0 atom stereocenters. The van der Waals surface area contributed by atoms with Gasteiger partial charge in [-0.3, -0.25) is 0 Å². The van der Waals surface area contributed by atoms with Crippen molar-refractivity contribution in [2.24, 2.45) is 0 Å². The lowest BCUT2D eigenvalue weighted by Gasteiger charge is -2.12. The Balaban J connectivity index is 2.16. The molecule has 0 aliphatic rings. The van der Waals surface area contributed by atoms with Crippen LogP contribution in [0.4, 0.5) is 0 Å². The molecule has 0 aromatic heterocycles. The topological polar surface area (TPSA) is 9.23 Å². The third-order valence-electron chi connectivity index (χ3n) is 2.55. The van der Waals surface area contributed by atoms with Gasteiger partial charge >= 0.3 is 0 Å². The van der Waals surface area contributed by atoms with Crippen LogP contribution in [0.15, 0.2) is 42.5 Å². The Hall–Kier alpha value is -0.700. The van der Waals surface area contributed by atoms with Gasteiger partial charge in [-0.2, -0.15) is 0 Å². The van der Waals surface area contributed by atoms with Gasteiger partial charge in [0.1, 0.15) is 12.4 Å². The standard InChI is InChI=1S/C14H11BrCl2O/c15-8-11-13(17)6-3-7-14(11)18-9-10-4-1-2-5-12(10)16/h1-7H,8-9H2. The molecule has 4 heteroatoms. The van der Waals surface area contributed by atoms with Crippen molar-refractivity contribution in [3.05, 3.63) is 63.6 Å². The number of halogens is 3. The van der Waals surface area contributed by atoms with Crippen molar-refractivity contribution >= 4 is 39.1 Å². The maximum atomic E-state index is 6.11. The molecule has 2 aromatic carbocycles. The molecule has 0 aliphatic heterocycles. The van der Waals surface area contributed by atoms with E-state index in [-0.39, 0.29) is 0 Å². The Morgan fingerprint density at radius 3 is 2.39 bits per heavy atom. The van der Waals surface area contributed by atoms with Crippen molar-refractivity contribution in [1.29, 1.82) is 0 Å². The van der Waals surface area contributed by atoms with Crippen molar-refractivity contribution in [3.8, 4) is 5.75 Å². The van der Waals surface area contributed by atoms with Gasteiger partial charge in [-0.15, -0.1) is 0 Å². The molecule has 0 bridgehead atoms. The third kappa shape index (κ3) is 3.19. The highest BCUT2D eigenvalue weighted by molar-refractivity contribution is 9.08. The Labute approximate surface area is 125 Å². The monoisotopic (exact) mass is 344 g/mol. The van der Waals surface area contributed by atoms with E-state index >= 15 is 0 Å². The summed E-state index contributed by atoms with van der Waals surface area (Å²) in [5.74, 6) is 0.777. The van der Waals surface area contributed by atoms with Crippen molar-refractivity contribution in [2.75, 3.05) is 0 Å². The summed E-state index contributed by atoms with van der Waals surface area (Å²) >= 11 is 15.6. The van der Waals surface area contributed by atoms with Crippen molar-refractivity contribution in [3.63, 3.8) is 0 Å². The fourth-order valence-corrected chi connectivity index (χ4v) is 2.74. The summed E-state index contributed by atoms with van der Waals surface area (Å²) in [7, 11) is 0. The van der Waals surface area contributed by atoms with Crippen LogP contribution in [0.25, 0.3) is 0 Å². The van der Waals surface area contributed by atoms with E-state index in [0.717, 1.165) is 16.9 Å². The van der Waals surface area contributed by atoms with Crippen molar-refractivity contribution in [1.82, 2.24) is 0 Å². The highest BCUT2D eigenvalue weighted by atomic mass is 79.9. The fourth-order valence-electron chi connectivity index (χ4n) is 1.57. The van der Waals surface area contributed by atoms with Crippen LogP contribution in [0.2, 0.25) is 10.0 Å². The fraction of sp³-hybridized carbons (Fsp3) is 0.143. The van der Waals surface area contributed by atoms with Crippen LogP contribution >= 0.6 is 39.1 Å². The summed E-state index contributed by atoms with van der Waals surface area (Å²) in [4.78, 5) is 0. The molecule has 0 aliphatic carbocycles. The first-order chi connectivity index (χ1) is 8.72. The first-order valence-electron chi connectivity index (χ1n) is 5.42. The van der Waals surface area contributed by atoms with Crippen LogP contribution in [0, 0.1) is 0 Å². The summed E-state index contributed by atoms with van der Waals surface area (Å²) in [5.41, 5.74) is 1.91. The Bertz CT molecular complexity index is 543. The lowest BCUT2D eigenvalue weighted by Crippen LogP contribution is -1.98. The molecule has 0 N–H and O–H groups in total. The molecule has 0 radical (unpaired) electrons. The van der Waals surface area contributed by atoms with E-state index in [1.54, 1.807) is 0 Å². The summed E-state index contributed by atoms with van der Waals surface area (Å²) in [5, 5.41) is 2.06. The number of rotatable bonds is 4. The minimum Gasteiger partial charge on any atom is -0.488 e. The van der Waals surface area contributed by atoms with Gasteiger partial charge in [0.05, 0.1) is 0 Å². The first kappa shape index (κ1) is 13.7. The molecular weight excluding hydrogens is 335 g/mol. The predicted molar refractivity (Wildman–Crippen MR) is 79.9 cm³/mol. The lowest BCUT2D eigenvalue weighted by molar-refractivity contribution is 0.304. The highest BCUT2D eigenvalue weighted by Crippen LogP contribution is 2.29. The molecule has 0 unspecified atom stereocenters. The number of hydrogen-bond acceptors (Lipinski definition) is 1. The van der Waals surface area contributed by atoms with Crippen LogP contribution in [-0.2, 0) is 11.9 Å². The van der Waals surface area contributed by atoms with Crippen LogP contribution in [0.5, 0.6) is 5.75 Å². The third-order valence-corrected chi connectivity index (χ3v) is 3.83. The average Bonchev–Trinajstić information content (AvgIpc) is 2.38. The van der Waals surface area contributed by atoms with E-state index in [4.69, 9.17) is 27.9 Å². The number of ether oxygens (including phenoxy) is 1. The van der Waals surface area contributed by atoms with Crippen LogP contribution < -0.4 is 4.74 Å². The molecule has 0 amide bonds. The zero-order valence-electron chi connectivity index (χ0n) is 9.50. The van der Waals surface area contributed by atoms with Gasteiger partial charge in [0.15, 0.2) is 0 Å². The van der Waals surface area contributed by atoms with Gasteiger partial charge < -0.3 is 4.74 Å². The molecule has 0 saturated carbocycles. The average molecular weight is 346 g/mol. The zero-order valence-corrected chi connectivity index (χ0v) is 12.6. The van der Waals surface area contributed by atoms with Gasteiger partial charge in [0.2, 0.25) is 0 Å². The van der Waals surface area contributed by atoms with Gasteiger partial charge in [-0.1, -0.05) is 63.4 Å². The number of benzene rings is 2. The Morgan fingerprint density at radius 2 is 1.67 bits per heavy atom. The van der Waals surface area contributed by atoms with Gasteiger partial charge in [-0.25, -0.2) is 0 Å². The second-order valence-corrected chi connectivity index (χ2v) is 5.11. The van der Waals surface area contributed by atoms with E-state index in [9.17, 15) is 0 Å². The zero-order chi connectivity index (χ0) is 13.0. The summed E-state index contributed by atoms with van der Waals surface area (Å²) < 4.78 is 5.78. The first-order valence-corrected chi connectivity index (χ1v) is 7.29. The van der Waals surface area contributed by atoms with Gasteiger partial charge in [-0.05, 0) is 18.2 Å². The summed E-state index contributed by atoms with van der Waals surface area (Å²) in [6.45, 7) is 0.431. The Morgan fingerprint density at radius 1 is 0.944 bits per heavy atom. The molecule has 0 fully saturated rings. The second-order valence-electron chi connectivity index (χ2n) is 3.73. The Kier molecular flexibility index (Phi) is 4.93. The predicted octanol–water partition coefficient (Wildman–Crippen LogP) is 5.47. The van der Waals surface area contributed by atoms with Crippen LogP contribution in [0.3, 0.4) is 0 Å². The molecule has 0 heterocycles. The quantitative estimate of drug-likeness (QED) is 0.668. The molecule has 94 valence electrons. The molecular formula is C14H11BrCl2O. The maximum absolute atomic E-state index is 6.11. The van der Waals surface area contributed by atoms with E-state index in [2.05, 4.69) is 15.9 Å². The summed E-state index contributed by atoms with van der Waals surface area (Å²) in [6.07, 6.45) is 0. The minimum atomic E-state index is 0.431. The molecule has 0 spiro atoms. The SMILES string of the molecule is Clc1ccccc1COc1cccc(Cl)c1CBr.